The predicted molar refractivity (Wildman–Crippen MR) is 124 cm³/mol. The summed E-state index contributed by atoms with van der Waals surface area (Å²) in [6.07, 6.45) is 2.06. The Morgan fingerprint density at radius 2 is 0.824 bits per heavy atom. The molecule has 0 bridgehead atoms. The molecule has 0 fully saturated rings. The molecule has 4 N–H and O–H groups in total. The Morgan fingerprint density at radius 3 is 1.00 bits per heavy atom. The van der Waals surface area contributed by atoms with E-state index in [1.54, 1.807) is 13.8 Å². The van der Waals surface area contributed by atoms with Crippen LogP contribution in [0.1, 0.15) is 75.6 Å². The first kappa shape index (κ1) is 40.5. The summed E-state index contributed by atoms with van der Waals surface area (Å²) in [6.45, 7) is 11.9. The SMILES string of the molecule is CC(C)Cc1ccc(C(C)C(=O)[O-])cc1.CC(C)Cc1ccc(C(C)C(=O)[O-])cc1.O.O.[Na+].[Na+]. The molecular weight excluding hydrogens is 454 g/mol. The molecule has 0 radical (unpaired) electrons. The van der Waals surface area contributed by atoms with Crippen molar-refractivity contribution in [3.63, 3.8) is 0 Å². The molecule has 0 heterocycles. The number of hydrogen-bond donors (Lipinski definition) is 0. The maximum Gasteiger partial charge on any atom is 1.00 e. The zero-order chi connectivity index (χ0) is 22.8. The van der Waals surface area contributed by atoms with Crippen LogP contribution >= 0.6 is 0 Å². The Kier molecular flexibility index (Phi) is 24.4. The Labute approximate surface area is 248 Å². The van der Waals surface area contributed by atoms with E-state index in [1.165, 1.54) is 11.1 Å². The standard InChI is InChI=1S/2C13H18O2.2Na.2H2O/c2*1-9(2)8-11-4-6-12(7-5-11)10(3)13(14)15;;;;/h2*4-7,9-10H,8H2,1-3H3,(H,14,15);;;2*1H2/q;;2*+1;;/p-2. The molecule has 34 heavy (non-hydrogen) atoms. The van der Waals surface area contributed by atoms with Gasteiger partial charge in [0.2, 0.25) is 0 Å². The van der Waals surface area contributed by atoms with Gasteiger partial charge < -0.3 is 30.8 Å². The second-order valence-corrected chi connectivity index (χ2v) is 8.76. The van der Waals surface area contributed by atoms with E-state index in [2.05, 4.69) is 27.7 Å². The van der Waals surface area contributed by atoms with Gasteiger partial charge in [0.25, 0.3) is 0 Å². The van der Waals surface area contributed by atoms with Crippen molar-refractivity contribution in [1.29, 1.82) is 0 Å². The first-order chi connectivity index (χ1) is 14.0. The number of aliphatic carboxylic acids is 2. The van der Waals surface area contributed by atoms with Gasteiger partial charge in [0, 0.05) is 23.8 Å². The van der Waals surface area contributed by atoms with Gasteiger partial charge in [0.1, 0.15) is 0 Å². The topological polar surface area (TPSA) is 143 Å². The van der Waals surface area contributed by atoms with Gasteiger partial charge in [-0.1, -0.05) is 90.1 Å². The molecule has 180 valence electrons. The Hall–Kier alpha value is -0.700. The number of carboxylic acid groups (broad SMARTS) is 2. The van der Waals surface area contributed by atoms with Crippen molar-refractivity contribution in [2.75, 3.05) is 0 Å². The van der Waals surface area contributed by atoms with E-state index in [4.69, 9.17) is 0 Å². The number of carbonyl (C=O) groups excluding carboxylic acids is 2. The zero-order valence-corrected chi connectivity index (χ0v) is 26.0. The third-order valence-corrected chi connectivity index (χ3v) is 4.95. The van der Waals surface area contributed by atoms with Gasteiger partial charge in [-0.15, -0.1) is 0 Å². The average Bonchev–Trinajstić information content (AvgIpc) is 2.67. The second kappa shape index (κ2) is 20.5. The Balaban J connectivity index is -0.000000237. The fourth-order valence-corrected chi connectivity index (χ4v) is 3.10. The summed E-state index contributed by atoms with van der Waals surface area (Å²) in [5, 5.41) is 21.3. The van der Waals surface area contributed by atoms with Crippen LogP contribution in [0.25, 0.3) is 0 Å². The van der Waals surface area contributed by atoms with E-state index < -0.39 is 23.8 Å². The molecule has 0 amide bonds. The van der Waals surface area contributed by atoms with Gasteiger partial charge in [-0.05, 0) is 46.9 Å². The predicted octanol–water partition coefficient (Wildman–Crippen LogP) is -4.16. The van der Waals surface area contributed by atoms with Gasteiger partial charge in [-0.25, -0.2) is 0 Å². The van der Waals surface area contributed by atoms with Crippen LogP contribution in [0.15, 0.2) is 48.5 Å². The molecular formula is C26H38Na2O6. The number of carboxylic acids is 2. The maximum atomic E-state index is 10.7. The molecule has 0 aliphatic rings. The van der Waals surface area contributed by atoms with Gasteiger partial charge >= 0.3 is 59.1 Å². The van der Waals surface area contributed by atoms with Crippen LogP contribution in [0.5, 0.6) is 0 Å². The molecule has 2 aromatic carbocycles. The van der Waals surface area contributed by atoms with E-state index in [9.17, 15) is 19.8 Å². The quantitative estimate of drug-likeness (QED) is 0.345. The summed E-state index contributed by atoms with van der Waals surface area (Å²) in [7, 11) is 0. The van der Waals surface area contributed by atoms with Crippen LogP contribution in [0, 0.1) is 11.8 Å². The van der Waals surface area contributed by atoms with E-state index in [1.807, 2.05) is 48.5 Å². The first-order valence-corrected chi connectivity index (χ1v) is 10.6. The van der Waals surface area contributed by atoms with E-state index >= 15 is 0 Å². The van der Waals surface area contributed by atoms with Crippen molar-refractivity contribution in [2.24, 2.45) is 11.8 Å². The molecule has 6 nitrogen and oxygen atoms in total. The molecule has 2 rings (SSSR count). The largest absolute Gasteiger partial charge is 1.00 e. The zero-order valence-electron chi connectivity index (χ0n) is 22.0. The molecule has 0 saturated carbocycles. The van der Waals surface area contributed by atoms with Crippen molar-refractivity contribution in [2.45, 2.75) is 66.2 Å². The summed E-state index contributed by atoms with van der Waals surface area (Å²) >= 11 is 0. The molecule has 2 unspecified atom stereocenters. The van der Waals surface area contributed by atoms with Gasteiger partial charge in [0.15, 0.2) is 0 Å². The monoisotopic (exact) mass is 492 g/mol. The van der Waals surface area contributed by atoms with Crippen molar-refractivity contribution >= 4 is 11.9 Å². The molecule has 0 spiro atoms. The fourth-order valence-electron chi connectivity index (χ4n) is 3.10. The van der Waals surface area contributed by atoms with Gasteiger partial charge in [-0.2, -0.15) is 0 Å². The summed E-state index contributed by atoms with van der Waals surface area (Å²) in [4.78, 5) is 21.3. The first-order valence-electron chi connectivity index (χ1n) is 10.6. The van der Waals surface area contributed by atoms with Crippen LogP contribution < -0.4 is 69.3 Å². The van der Waals surface area contributed by atoms with Crippen molar-refractivity contribution in [3.05, 3.63) is 70.8 Å². The van der Waals surface area contributed by atoms with Crippen molar-refractivity contribution < 1.29 is 89.9 Å². The van der Waals surface area contributed by atoms with Crippen LogP contribution in [0.4, 0.5) is 0 Å². The summed E-state index contributed by atoms with van der Waals surface area (Å²) in [5.74, 6) is -1.86. The third-order valence-electron chi connectivity index (χ3n) is 4.95. The van der Waals surface area contributed by atoms with Gasteiger partial charge in [-0.3, -0.25) is 0 Å². The Morgan fingerprint density at radius 1 is 0.588 bits per heavy atom. The summed E-state index contributed by atoms with van der Waals surface area (Å²) in [5.41, 5.74) is 4.11. The average molecular weight is 493 g/mol. The number of rotatable bonds is 8. The molecule has 8 heteroatoms. The minimum absolute atomic E-state index is 0. The van der Waals surface area contributed by atoms with Gasteiger partial charge in [0.05, 0.1) is 0 Å². The van der Waals surface area contributed by atoms with E-state index in [0.717, 1.165) is 24.0 Å². The molecule has 0 aliphatic carbocycles. The number of hydrogen-bond acceptors (Lipinski definition) is 4. The second-order valence-electron chi connectivity index (χ2n) is 8.76. The smallest absolute Gasteiger partial charge is 0.550 e. The number of carbonyl (C=O) groups is 2. The normalized spacial score (nSPS) is 11.3. The van der Waals surface area contributed by atoms with Crippen molar-refractivity contribution in [3.8, 4) is 0 Å². The molecule has 0 aliphatic heterocycles. The van der Waals surface area contributed by atoms with Crippen LogP contribution in [-0.2, 0) is 22.4 Å². The minimum Gasteiger partial charge on any atom is -0.550 e. The van der Waals surface area contributed by atoms with E-state index in [0.29, 0.717) is 11.8 Å². The van der Waals surface area contributed by atoms with Crippen molar-refractivity contribution in [1.82, 2.24) is 0 Å². The molecule has 2 atom stereocenters. The summed E-state index contributed by atoms with van der Waals surface area (Å²) < 4.78 is 0. The Bertz CT molecular complexity index is 736. The molecule has 0 saturated heterocycles. The molecule has 0 aromatic heterocycles. The maximum absolute atomic E-state index is 10.7. The van der Waals surface area contributed by atoms with Crippen LogP contribution in [-0.4, -0.2) is 22.9 Å². The fraction of sp³-hybridized carbons (Fsp3) is 0.462. The number of benzene rings is 2. The third kappa shape index (κ3) is 15.3. The van der Waals surface area contributed by atoms with Crippen LogP contribution in [0.2, 0.25) is 0 Å². The molecule has 2 aromatic rings. The van der Waals surface area contributed by atoms with Crippen LogP contribution in [0.3, 0.4) is 0 Å². The van der Waals surface area contributed by atoms with E-state index in [-0.39, 0.29) is 70.1 Å². The summed E-state index contributed by atoms with van der Waals surface area (Å²) in [6, 6.07) is 15.5. The minimum atomic E-state index is -1.02.